The minimum Gasteiger partial charge on any atom is -0.261 e. The van der Waals surface area contributed by atoms with Gasteiger partial charge in [0.25, 0.3) is 0 Å². The van der Waals surface area contributed by atoms with Gasteiger partial charge in [0.05, 0.1) is 0 Å². The van der Waals surface area contributed by atoms with Crippen LogP contribution in [0.5, 0.6) is 0 Å². The molecule has 0 aromatic heterocycles. The van der Waals surface area contributed by atoms with E-state index in [1.807, 2.05) is 12.4 Å². The molecule has 1 aromatic rings. The van der Waals surface area contributed by atoms with E-state index in [1.54, 1.807) is 0 Å². The molecule has 0 spiro atoms. The monoisotopic (exact) mass is 238 g/mol. The Morgan fingerprint density at radius 3 is 1.89 bits per heavy atom. The van der Waals surface area contributed by atoms with E-state index in [4.69, 9.17) is 0 Å². The maximum Gasteiger partial charge on any atom is 0.0343 e. The van der Waals surface area contributed by atoms with Crippen LogP contribution in [0.4, 0.5) is 0 Å². The summed E-state index contributed by atoms with van der Waals surface area (Å²) < 4.78 is 0. The zero-order valence-electron chi connectivity index (χ0n) is 10.8. The summed E-state index contributed by atoms with van der Waals surface area (Å²) in [5.74, 6) is 0. The van der Waals surface area contributed by atoms with Crippen LogP contribution in [0, 0.1) is 6.92 Å². The fraction of sp³-hybridized carbons (Fsp3) is 0.250. The Morgan fingerprint density at radius 2 is 1.39 bits per heavy atom. The van der Waals surface area contributed by atoms with Crippen LogP contribution in [-0.4, -0.2) is 12.4 Å². The van der Waals surface area contributed by atoms with E-state index in [-0.39, 0.29) is 0 Å². The van der Waals surface area contributed by atoms with Gasteiger partial charge < -0.3 is 0 Å². The summed E-state index contributed by atoms with van der Waals surface area (Å²) >= 11 is 0. The van der Waals surface area contributed by atoms with Crippen LogP contribution in [-0.2, 0) is 0 Å². The summed E-state index contributed by atoms with van der Waals surface area (Å²) in [6.45, 7) is 10.0. The molecule has 0 N–H and O–H groups in total. The Bertz CT molecular complexity index is 492. The van der Waals surface area contributed by atoms with Crippen LogP contribution < -0.4 is 0 Å². The van der Waals surface area contributed by atoms with Gasteiger partial charge in [0.15, 0.2) is 0 Å². The molecule has 0 amide bonds. The molecule has 0 saturated carbocycles. The summed E-state index contributed by atoms with van der Waals surface area (Å²) in [6.07, 6.45) is 6.54. The molecular formula is C16H18N2. The first-order valence-corrected chi connectivity index (χ1v) is 6.19. The van der Waals surface area contributed by atoms with Crippen molar-refractivity contribution in [2.75, 3.05) is 0 Å². The Balaban J connectivity index is 2.40. The van der Waals surface area contributed by atoms with Crippen molar-refractivity contribution in [3.63, 3.8) is 0 Å². The number of hydrogen-bond donors (Lipinski definition) is 0. The maximum atomic E-state index is 4.40. The Labute approximate surface area is 108 Å². The number of fused-ring (bicyclic) bond motifs is 2. The largest absolute Gasteiger partial charge is 0.261 e. The second kappa shape index (κ2) is 5.58. The molecule has 92 valence electrons. The SMILES string of the molecule is C=C1CCCC(=C)N=Cc2cc(C)cc(c2)C=N1. The average Bonchev–Trinajstić information content (AvgIpc) is 2.32. The van der Waals surface area contributed by atoms with Crippen molar-refractivity contribution >= 4 is 12.4 Å². The van der Waals surface area contributed by atoms with Gasteiger partial charge in [-0.3, -0.25) is 9.98 Å². The van der Waals surface area contributed by atoms with Gasteiger partial charge in [-0.1, -0.05) is 25.3 Å². The zero-order chi connectivity index (χ0) is 13.0. The highest BCUT2D eigenvalue weighted by Crippen LogP contribution is 2.14. The number of hydrogen-bond acceptors (Lipinski definition) is 2. The third-order valence-electron chi connectivity index (χ3n) is 2.85. The van der Waals surface area contributed by atoms with Gasteiger partial charge in [0.1, 0.15) is 0 Å². The lowest BCUT2D eigenvalue weighted by atomic mass is 10.1. The maximum absolute atomic E-state index is 4.40. The summed E-state index contributed by atoms with van der Waals surface area (Å²) in [7, 11) is 0. The molecule has 18 heavy (non-hydrogen) atoms. The molecule has 2 nitrogen and oxygen atoms in total. The normalized spacial score (nSPS) is 16.3. The van der Waals surface area contributed by atoms with Crippen molar-refractivity contribution in [2.45, 2.75) is 26.2 Å². The fourth-order valence-corrected chi connectivity index (χ4v) is 1.95. The van der Waals surface area contributed by atoms with E-state index in [2.05, 4.69) is 48.3 Å². The van der Waals surface area contributed by atoms with Crippen LogP contribution in [0.25, 0.3) is 0 Å². The van der Waals surface area contributed by atoms with Crippen molar-refractivity contribution < 1.29 is 0 Å². The Morgan fingerprint density at radius 1 is 0.889 bits per heavy atom. The van der Waals surface area contributed by atoms with Gasteiger partial charge in [-0.05, 0) is 48.9 Å². The number of rotatable bonds is 0. The molecule has 2 rings (SSSR count). The third kappa shape index (κ3) is 3.52. The van der Waals surface area contributed by atoms with Crippen LogP contribution in [0.3, 0.4) is 0 Å². The number of aliphatic imine (C=N–C) groups is 2. The van der Waals surface area contributed by atoms with Crippen molar-refractivity contribution in [2.24, 2.45) is 9.98 Å². The van der Waals surface area contributed by atoms with Crippen molar-refractivity contribution in [3.05, 3.63) is 59.4 Å². The number of benzene rings is 1. The van der Waals surface area contributed by atoms with Gasteiger partial charge in [-0.15, -0.1) is 0 Å². The van der Waals surface area contributed by atoms with Crippen molar-refractivity contribution in [3.8, 4) is 0 Å². The number of aryl methyl sites for hydroxylation is 1. The Kier molecular flexibility index (Phi) is 3.88. The molecule has 0 fully saturated rings. The summed E-state index contributed by atoms with van der Waals surface area (Å²) in [6, 6.07) is 6.28. The molecule has 1 aliphatic heterocycles. The van der Waals surface area contributed by atoms with Gasteiger partial charge in [0, 0.05) is 23.8 Å². The molecule has 1 aromatic carbocycles. The van der Waals surface area contributed by atoms with Gasteiger partial charge >= 0.3 is 0 Å². The second-order valence-electron chi connectivity index (χ2n) is 4.68. The highest BCUT2D eigenvalue weighted by atomic mass is 14.7. The molecule has 0 unspecified atom stereocenters. The van der Waals surface area contributed by atoms with E-state index in [0.29, 0.717) is 0 Å². The second-order valence-corrected chi connectivity index (χ2v) is 4.68. The molecule has 0 aliphatic carbocycles. The van der Waals surface area contributed by atoms with Crippen LogP contribution in [0.15, 0.2) is 52.7 Å². The number of allylic oxidation sites excluding steroid dienone is 2. The lowest BCUT2D eigenvalue weighted by molar-refractivity contribution is 0.797. The fourth-order valence-electron chi connectivity index (χ4n) is 1.95. The van der Waals surface area contributed by atoms with Gasteiger partial charge in [0.2, 0.25) is 0 Å². The van der Waals surface area contributed by atoms with E-state index in [1.165, 1.54) is 5.56 Å². The molecule has 1 heterocycles. The van der Waals surface area contributed by atoms with Gasteiger partial charge in [-0.25, -0.2) is 0 Å². The molecular weight excluding hydrogens is 220 g/mol. The predicted molar refractivity (Wildman–Crippen MR) is 78.5 cm³/mol. The zero-order valence-corrected chi connectivity index (χ0v) is 10.8. The molecule has 0 saturated heterocycles. The average molecular weight is 238 g/mol. The molecule has 2 heteroatoms. The van der Waals surface area contributed by atoms with E-state index in [9.17, 15) is 0 Å². The highest BCUT2D eigenvalue weighted by Gasteiger charge is 1.99. The van der Waals surface area contributed by atoms with E-state index >= 15 is 0 Å². The van der Waals surface area contributed by atoms with Crippen LogP contribution in [0.2, 0.25) is 0 Å². The molecule has 2 bridgehead atoms. The first-order valence-electron chi connectivity index (χ1n) is 6.19. The van der Waals surface area contributed by atoms with Crippen molar-refractivity contribution in [1.82, 2.24) is 0 Å². The lowest BCUT2D eigenvalue weighted by Crippen LogP contribution is -1.92. The number of nitrogens with zero attached hydrogens (tertiary/aromatic N) is 2. The standard InChI is InChI=1S/C16H18N2/c1-12-7-15-9-16(8-12)11-18-14(3)6-4-5-13(2)17-10-15/h7-11H,2-6H2,1H3. The van der Waals surface area contributed by atoms with Crippen molar-refractivity contribution in [1.29, 1.82) is 0 Å². The predicted octanol–water partition coefficient (Wildman–Crippen LogP) is 4.04. The van der Waals surface area contributed by atoms with Crippen LogP contribution in [0.1, 0.15) is 36.0 Å². The van der Waals surface area contributed by atoms with Crippen LogP contribution >= 0.6 is 0 Å². The summed E-state index contributed by atoms with van der Waals surface area (Å²) in [5.41, 5.74) is 5.20. The molecule has 0 atom stereocenters. The minimum absolute atomic E-state index is 0.893. The topological polar surface area (TPSA) is 24.7 Å². The van der Waals surface area contributed by atoms with Gasteiger partial charge in [-0.2, -0.15) is 0 Å². The quantitative estimate of drug-likeness (QED) is 0.651. The minimum atomic E-state index is 0.893. The highest BCUT2D eigenvalue weighted by molar-refractivity contribution is 5.87. The Hall–Kier alpha value is -1.96. The molecule has 0 radical (unpaired) electrons. The van der Waals surface area contributed by atoms with E-state index < -0.39 is 0 Å². The smallest absolute Gasteiger partial charge is 0.0343 e. The van der Waals surface area contributed by atoms with E-state index in [0.717, 1.165) is 41.8 Å². The lowest BCUT2D eigenvalue weighted by Gasteiger charge is -2.05. The summed E-state index contributed by atoms with van der Waals surface area (Å²) in [5, 5.41) is 0. The molecule has 1 aliphatic rings. The first kappa shape index (κ1) is 12.5. The third-order valence-corrected chi connectivity index (χ3v) is 2.85. The first-order chi connectivity index (χ1) is 8.63. The summed E-state index contributed by atoms with van der Waals surface area (Å²) in [4.78, 5) is 8.81.